The molecule has 2 rings (SSSR count). The maximum atomic E-state index is 11.0. The Balaban J connectivity index is 2.51. The first-order valence-corrected chi connectivity index (χ1v) is 4.78. The number of rotatable bonds is 3. The van der Waals surface area contributed by atoms with Crippen molar-refractivity contribution >= 4 is 5.97 Å². The maximum absolute atomic E-state index is 11.0. The molecule has 0 aliphatic rings. The summed E-state index contributed by atoms with van der Waals surface area (Å²) < 4.78 is 4.87. The fraction of sp³-hybridized carbons (Fsp3) is 0.0909. The number of carboxylic acids is 1. The van der Waals surface area contributed by atoms with E-state index in [9.17, 15) is 4.79 Å². The van der Waals surface area contributed by atoms with Gasteiger partial charge in [0.2, 0.25) is 0 Å². The van der Waals surface area contributed by atoms with Crippen LogP contribution in [-0.4, -0.2) is 33.1 Å². The van der Waals surface area contributed by atoms with E-state index in [1.54, 1.807) is 24.4 Å². The summed E-state index contributed by atoms with van der Waals surface area (Å²) in [6.07, 6.45) is 2.91. The van der Waals surface area contributed by atoms with E-state index in [-0.39, 0.29) is 17.3 Å². The molecule has 1 N–H and O–H groups in total. The van der Waals surface area contributed by atoms with Crippen LogP contribution in [0.3, 0.4) is 0 Å². The Kier molecular flexibility index (Phi) is 2.95. The second-order valence-electron chi connectivity index (χ2n) is 3.13. The van der Waals surface area contributed by atoms with E-state index in [1.807, 2.05) is 0 Å². The first kappa shape index (κ1) is 11.0. The van der Waals surface area contributed by atoms with Gasteiger partial charge in [0, 0.05) is 6.20 Å². The molecule has 17 heavy (non-hydrogen) atoms. The lowest BCUT2D eigenvalue weighted by atomic mass is 10.3. The van der Waals surface area contributed by atoms with Crippen LogP contribution < -0.4 is 4.74 Å². The van der Waals surface area contributed by atoms with Gasteiger partial charge in [0.25, 0.3) is 0 Å². The summed E-state index contributed by atoms with van der Waals surface area (Å²) in [5.74, 6) is -0.789. The highest BCUT2D eigenvalue weighted by molar-refractivity contribution is 5.88. The minimum atomic E-state index is -1.17. The molecule has 2 aromatic heterocycles. The van der Waals surface area contributed by atoms with Crippen molar-refractivity contribution in [2.45, 2.75) is 0 Å². The summed E-state index contributed by atoms with van der Waals surface area (Å²) in [7, 11) is 1.37. The van der Waals surface area contributed by atoms with Gasteiger partial charge in [-0.15, -0.1) is 0 Å². The van der Waals surface area contributed by atoms with E-state index < -0.39 is 5.97 Å². The predicted molar refractivity (Wildman–Crippen MR) is 58.8 cm³/mol. The Labute approximate surface area is 96.9 Å². The first-order chi connectivity index (χ1) is 8.22. The number of nitrogens with zero attached hydrogens (tertiary/aromatic N) is 3. The van der Waals surface area contributed by atoms with Gasteiger partial charge in [0.05, 0.1) is 13.3 Å². The predicted octanol–water partition coefficient (Wildman–Crippen LogP) is 1.25. The highest BCUT2D eigenvalue weighted by atomic mass is 16.5. The molecule has 0 bridgehead atoms. The molecule has 2 heterocycles. The maximum Gasteiger partial charge on any atom is 0.358 e. The zero-order chi connectivity index (χ0) is 12.3. The summed E-state index contributed by atoms with van der Waals surface area (Å²) in [5, 5.41) is 8.98. The Hall–Kier alpha value is -2.50. The van der Waals surface area contributed by atoms with Crippen molar-refractivity contribution in [1.29, 1.82) is 0 Å². The number of carboxylic acid groups (broad SMARTS) is 1. The van der Waals surface area contributed by atoms with Crippen molar-refractivity contribution in [3.8, 4) is 17.3 Å². The van der Waals surface area contributed by atoms with Crippen molar-refractivity contribution in [3.63, 3.8) is 0 Å². The first-order valence-electron chi connectivity index (χ1n) is 4.78. The lowest BCUT2D eigenvalue weighted by Gasteiger charge is -2.05. The number of aromatic nitrogens is 3. The fourth-order valence-corrected chi connectivity index (χ4v) is 1.29. The number of ether oxygens (including phenoxy) is 1. The van der Waals surface area contributed by atoms with E-state index in [0.717, 1.165) is 0 Å². The fourth-order valence-electron chi connectivity index (χ4n) is 1.29. The molecule has 0 atom stereocenters. The van der Waals surface area contributed by atoms with Crippen LogP contribution >= 0.6 is 0 Å². The number of hydrogen-bond donors (Lipinski definition) is 1. The smallest absolute Gasteiger partial charge is 0.358 e. The SMILES string of the molecule is COc1cnc(-c2ccccn2)nc1C(=O)O. The molecule has 0 amide bonds. The number of carbonyl (C=O) groups is 1. The van der Waals surface area contributed by atoms with Crippen molar-refractivity contribution in [2.75, 3.05) is 7.11 Å². The molecule has 0 radical (unpaired) electrons. The van der Waals surface area contributed by atoms with Crippen molar-refractivity contribution < 1.29 is 14.6 Å². The third kappa shape index (κ3) is 2.20. The summed E-state index contributed by atoms with van der Waals surface area (Å²) in [5.41, 5.74) is 0.334. The van der Waals surface area contributed by atoms with Gasteiger partial charge in [0.15, 0.2) is 17.3 Å². The summed E-state index contributed by atoms with van der Waals surface area (Å²) in [4.78, 5) is 22.9. The molecular weight excluding hydrogens is 222 g/mol. The van der Waals surface area contributed by atoms with Crippen LogP contribution in [-0.2, 0) is 0 Å². The molecule has 0 saturated heterocycles. The highest BCUT2D eigenvalue weighted by Crippen LogP contribution is 2.18. The minimum Gasteiger partial charge on any atom is -0.493 e. The second kappa shape index (κ2) is 4.56. The largest absolute Gasteiger partial charge is 0.493 e. The summed E-state index contributed by atoms with van der Waals surface area (Å²) >= 11 is 0. The van der Waals surface area contributed by atoms with Crippen LogP contribution in [0, 0.1) is 0 Å². The van der Waals surface area contributed by atoms with Gasteiger partial charge >= 0.3 is 5.97 Å². The quantitative estimate of drug-likeness (QED) is 0.855. The monoisotopic (exact) mass is 231 g/mol. The van der Waals surface area contributed by atoms with Crippen LogP contribution in [0.25, 0.3) is 11.5 Å². The molecule has 0 unspecified atom stereocenters. The molecule has 86 valence electrons. The van der Waals surface area contributed by atoms with Crippen LogP contribution in [0.15, 0.2) is 30.6 Å². The minimum absolute atomic E-state index is 0.122. The second-order valence-corrected chi connectivity index (χ2v) is 3.13. The van der Waals surface area contributed by atoms with E-state index in [4.69, 9.17) is 9.84 Å². The summed E-state index contributed by atoms with van der Waals surface area (Å²) in [6.45, 7) is 0. The molecule has 6 heteroatoms. The van der Waals surface area contributed by atoms with Crippen LogP contribution in [0.2, 0.25) is 0 Å². The molecule has 2 aromatic rings. The van der Waals surface area contributed by atoms with Crippen molar-refractivity contribution in [3.05, 3.63) is 36.3 Å². The molecule has 0 saturated carbocycles. The molecular formula is C11H9N3O3. The lowest BCUT2D eigenvalue weighted by molar-refractivity contribution is 0.0686. The van der Waals surface area contributed by atoms with E-state index in [0.29, 0.717) is 5.69 Å². The van der Waals surface area contributed by atoms with Gasteiger partial charge < -0.3 is 9.84 Å². The number of methoxy groups -OCH3 is 1. The Morgan fingerprint density at radius 1 is 1.35 bits per heavy atom. The zero-order valence-electron chi connectivity index (χ0n) is 8.99. The van der Waals surface area contributed by atoms with Gasteiger partial charge in [-0.05, 0) is 12.1 Å². The Bertz CT molecular complexity index is 543. The third-order valence-corrected chi connectivity index (χ3v) is 2.07. The molecule has 0 spiro atoms. The average Bonchev–Trinajstić information content (AvgIpc) is 2.39. The van der Waals surface area contributed by atoms with Gasteiger partial charge in [-0.1, -0.05) is 6.07 Å². The van der Waals surface area contributed by atoms with Crippen molar-refractivity contribution in [1.82, 2.24) is 15.0 Å². The number of hydrogen-bond acceptors (Lipinski definition) is 5. The normalized spacial score (nSPS) is 9.94. The Morgan fingerprint density at radius 2 is 2.18 bits per heavy atom. The third-order valence-electron chi connectivity index (χ3n) is 2.07. The van der Waals surface area contributed by atoms with Crippen molar-refractivity contribution in [2.24, 2.45) is 0 Å². The number of pyridine rings is 1. The van der Waals surface area contributed by atoms with Gasteiger partial charge in [-0.2, -0.15) is 0 Å². The molecule has 0 aliphatic carbocycles. The standard InChI is InChI=1S/C11H9N3O3/c1-17-8-6-13-10(14-9(8)11(15)16)7-4-2-3-5-12-7/h2-6H,1H3,(H,15,16). The number of aromatic carboxylic acids is 1. The van der Waals surface area contributed by atoms with E-state index in [2.05, 4.69) is 15.0 Å². The highest BCUT2D eigenvalue weighted by Gasteiger charge is 2.15. The zero-order valence-corrected chi connectivity index (χ0v) is 8.99. The molecule has 0 fully saturated rings. The van der Waals surface area contributed by atoms with E-state index in [1.165, 1.54) is 13.3 Å². The van der Waals surface area contributed by atoms with Crippen LogP contribution in [0.4, 0.5) is 0 Å². The van der Waals surface area contributed by atoms with Gasteiger partial charge in [0.1, 0.15) is 5.69 Å². The molecule has 0 aromatic carbocycles. The summed E-state index contributed by atoms with van der Waals surface area (Å²) in [6, 6.07) is 5.23. The van der Waals surface area contributed by atoms with Crippen LogP contribution in [0.1, 0.15) is 10.5 Å². The Morgan fingerprint density at radius 3 is 2.76 bits per heavy atom. The van der Waals surface area contributed by atoms with E-state index >= 15 is 0 Å². The molecule has 0 aliphatic heterocycles. The lowest BCUT2D eigenvalue weighted by Crippen LogP contribution is -2.06. The average molecular weight is 231 g/mol. The topological polar surface area (TPSA) is 85.2 Å². The molecule has 6 nitrogen and oxygen atoms in total. The van der Waals surface area contributed by atoms with Gasteiger partial charge in [-0.25, -0.2) is 14.8 Å². The van der Waals surface area contributed by atoms with Crippen LogP contribution in [0.5, 0.6) is 5.75 Å². The van der Waals surface area contributed by atoms with Gasteiger partial charge in [-0.3, -0.25) is 4.98 Å².